The molecule has 0 radical (unpaired) electrons. The number of hydrogen-bond acceptors (Lipinski definition) is 5. The molecule has 1 aromatic heterocycles. The maximum atomic E-state index is 12.0. The van der Waals surface area contributed by atoms with Crippen LogP contribution >= 0.6 is 0 Å². The molecule has 0 amide bonds. The Hall–Kier alpha value is -1.81. The maximum absolute atomic E-state index is 12.0. The lowest BCUT2D eigenvalue weighted by Gasteiger charge is -2.10. The molecule has 16 heavy (non-hydrogen) atoms. The molecule has 0 spiro atoms. The van der Waals surface area contributed by atoms with Gasteiger partial charge in [-0.15, -0.1) is 0 Å². The highest BCUT2D eigenvalue weighted by atomic mass is 19.3. The van der Waals surface area contributed by atoms with Crippen LogP contribution in [0.1, 0.15) is 11.4 Å². The van der Waals surface area contributed by atoms with Gasteiger partial charge in [-0.2, -0.15) is 5.26 Å². The van der Waals surface area contributed by atoms with E-state index in [1.807, 2.05) is 6.07 Å². The lowest BCUT2D eigenvalue weighted by molar-refractivity contribution is 0.00376. The predicted molar refractivity (Wildman–Crippen MR) is 52.0 cm³/mol. The third kappa shape index (κ3) is 3.40. The number of anilines is 1. The summed E-state index contributed by atoms with van der Waals surface area (Å²) >= 11 is 0. The SMILES string of the molecule is Cc1cc(C#N)nc(NCC(O)C(F)F)n1. The van der Waals surface area contributed by atoms with Gasteiger partial charge in [-0.05, 0) is 13.0 Å². The van der Waals surface area contributed by atoms with Crippen LogP contribution < -0.4 is 5.32 Å². The van der Waals surface area contributed by atoms with Gasteiger partial charge in [0.1, 0.15) is 17.9 Å². The first kappa shape index (κ1) is 12.3. The molecule has 1 aromatic rings. The van der Waals surface area contributed by atoms with Gasteiger partial charge in [0.25, 0.3) is 6.43 Å². The van der Waals surface area contributed by atoms with E-state index in [9.17, 15) is 8.78 Å². The summed E-state index contributed by atoms with van der Waals surface area (Å²) < 4.78 is 23.9. The highest BCUT2D eigenvalue weighted by Crippen LogP contribution is 2.05. The van der Waals surface area contributed by atoms with E-state index in [2.05, 4.69) is 15.3 Å². The van der Waals surface area contributed by atoms with Gasteiger partial charge in [0.2, 0.25) is 5.95 Å². The Bertz CT molecular complexity index is 405. The zero-order chi connectivity index (χ0) is 12.1. The van der Waals surface area contributed by atoms with E-state index in [1.165, 1.54) is 6.07 Å². The Labute approximate surface area is 90.8 Å². The number of alkyl halides is 2. The van der Waals surface area contributed by atoms with Crippen molar-refractivity contribution >= 4 is 5.95 Å². The fraction of sp³-hybridized carbons (Fsp3) is 0.444. The molecule has 1 atom stereocenters. The normalized spacial score (nSPS) is 12.2. The van der Waals surface area contributed by atoms with E-state index in [0.717, 1.165) is 0 Å². The molecule has 2 N–H and O–H groups in total. The van der Waals surface area contributed by atoms with Gasteiger partial charge in [-0.3, -0.25) is 0 Å². The molecule has 0 aliphatic rings. The Morgan fingerprint density at radius 1 is 1.56 bits per heavy atom. The zero-order valence-corrected chi connectivity index (χ0v) is 8.48. The molecule has 0 aliphatic carbocycles. The molecule has 0 bridgehead atoms. The summed E-state index contributed by atoms with van der Waals surface area (Å²) in [5.74, 6) is 0.0521. The summed E-state index contributed by atoms with van der Waals surface area (Å²) in [4.78, 5) is 7.63. The lowest BCUT2D eigenvalue weighted by atomic mass is 10.3. The Kier molecular flexibility index (Phi) is 4.08. The Balaban J connectivity index is 2.68. The first-order valence-corrected chi connectivity index (χ1v) is 4.49. The smallest absolute Gasteiger partial charge is 0.265 e. The van der Waals surface area contributed by atoms with Crippen molar-refractivity contribution in [2.24, 2.45) is 0 Å². The first-order chi connectivity index (χ1) is 7.52. The first-order valence-electron chi connectivity index (χ1n) is 4.49. The molecular formula is C9H10F2N4O. The standard InChI is InChI=1S/C9H10F2N4O/c1-5-2-6(3-12)15-9(14-5)13-4-7(16)8(10)11/h2,7-8,16H,4H2,1H3,(H,13,14,15). The average Bonchev–Trinajstić information content (AvgIpc) is 2.24. The van der Waals surface area contributed by atoms with Crippen molar-refractivity contribution in [1.29, 1.82) is 5.26 Å². The Morgan fingerprint density at radius 3 is 2.81 bits per heavy atom. The molecule has 0 fully saturated rings. The van der Waals surface area contributed by atoms with Crippen molar-refractivity contribution in [2.75, 3.05) is 11.9 Å². The monoisotopic (exact) mass is 228 g/mol. The Morgan fingerprint density at radius 2 is 2.25 bits per heavy atom. The number of aliphatic hydroxyl groups is 1. The molecular weight excluding hydrogens is 218 g/mol. The number of aromatic nitrogens is 2. The summed E-state index contributed by atoms with van der Waals surface area (Å²) in [5.41, 5.74) is 0.683. The summed E-state index contributed by atoms with van der Waals surface area (Å²) in [6, 6.07) is 3.28. The van der Waals surface area contributed by atoms with Crippen LogP contribution in [0.4, 0.5) is 14.7 Å². The summed E-state index contributed by atoms with van der Waals surface area (Å²) in [7, 11) is 0. The summed E-state index contributed by atoms with van der Waals surface area (Å²) in [5, 5.41) is 19.9. The third-order valence-corrected chi connectivity index (χ3v) is 1.73. The molecule has 1 heterocycles. The van der Waals surface area contributed by atoms with Crippen LogP contribution in [0, 0.1) is 18.3 Å². The van der Waals surface area contributed by atoms with E-state index in [-0.39, 0.29) is 18.2 Å². The summed E-state index contributed by atoms with van der Waals surface area (Å²) in [6.45, 7) is 1.28. The van der Waals surface area contributed by atoms with Gasteiger partial charge < -0.3 is 10.4 Å². The quantitative estimate of drug-likeness (QED) is 0.792. The van der Waals surface area contributed by atoms with Gasteiger partial charge in [0, 0.05) is 12.2 Å². The molecule has 5 nitrogen and oxygen atoms in total. The molecule has 0 aliphatic heterocycles. The average molecular weight is 228 g/mol. The second-order valence-corrected chi connectivity index (χ2v) is 3.11. The molecule has 7 heteroatoms. The number of aryl methyl sites for hydroxylation is 1. The van der Waals surface area contributed by atoms with Crippen molar-refractivity contribution in [2.45, 2.75) is 19.5 Å². The van der Waals surface area contributed by atoms with Crippen molar-refractivity contribution in [1.82, 2.24) is 9.97 Å². The van der Waals surface area contributed by atoms with Gasteiger partial charge in [0.15, 0.2) is 0 Å². The van der Waals surface area contributed by atoms with Gasteiger partial charge in [-0.1, -0.05) is 0 Å². The third-order valence-electron chi connectivity index (χ3n) is 1.73. The van der Waals surface area contributed by atoms with Gasteiger partial charge >= 0.3 is 0 Å². The fourth-order valence-corrected chi connectivity index (χ4v) is 0.990. The predicted octanol–water partition coefficient (Wildman–Crippen LogP) is 0.695. The molecule has 1 unspecified atom stereocenters. The maximum Gasteiger partial charge on any atom is 0.265 e. The number of aliphatic hydroxyl groups excluding tert-OH is 1. The molecule has 0 aromatic carbocycles. The fourth-order valence-electron chi connectivity index (χ4n) is 0.990. The minimum absolute atomic E-state index is 0.0521. The molecule has 1 rings (SSSR count). The number of halogens is 2. The van der Waals surface area contributed by atoms with E-state index >= 15 is 0 Å². The molecule has 86 valence electrons. The minimum atomic E-state index is -2.83. The molecule has 0 saturated heterocycles. The van der Waals surface area contributed by atoms with E-state index < -0.39 is 12.5 Å². The van der Waals surface area contributed by atoms with E-state index in [0.29, 0.717) is 5.69 Å². The van der Waals surface area contributed by atoms with Gasteiger partial charge in [0.05, 0.1) is 0 Å². The number of nitrogens with zero attached hydrogens (tertiary/aromatic N) is 3. The lowest BCUT2D eigenvalue weighted by Crippen LogP contribution is -2.27. The van der Waals surface area contributed by atoms with Crippen LogP contribution in [0.25, 0.3) is 0 Å². The van der Waals surface area contributed by atoms with E-state index in [1.54, 1.807) is 6.92 Å². The van der Waals surface area contributed by atoms with Crippen LogP contribution in [-0.2, 0) is 0 Å². The molecule has 0 saturated carbocycles. The number of nitriles is 1. The van der Waals surface area contributed by atoms with Crippen LogP contribution in [0.15, 0.2) is 6.07 Å². The highest BCUT2D eigenvalue weighted by Gasteiger charge is 2.16. The number of nitrogens with one attached hydrogen (secondary N) is 1. The van der Waals surface area contributed by atoms with E-state index in [4.69, 9.17) is 10.4 Å². The largest absolute Gasteiger partial charge is 0.385 e. The van der Waals surface area contributed by atoms with Crippen molar-refractivity contribution in [3.05, 3.63) is 17.5 Å². The van der Waals surface area contributed by atoms with Gasteiger partial charge in [-0.25, -0.2) is 18.7 Å². The van der Waals surface area contributed by atoms with Crippen molar-refractivity contribution in [3.8, 4) is 6.07 Å². The minimum Gasteiger partial charge on any atom is -0.385 e. The van der Waals surface area contributed by atoms with Crippen LogP contribution in [0.5, 0.6) is 0 Å². The van der Waals surface area contributed by atoms with Crippen LogP contribution in [0.3, 0.4) is 0 Å². The second-order valence-electron chi connectivity index (χ2n) is 3.11. The number of rotatable bonds is 4. The van der Waals surface area contributed by atoms with Crippen LogP contribution in [-0.4, -0.2) is 34.1 Å². The van der Waals surface area contributed by atoms with Crippen molar-refractivity contribution in [3.63, 3.8) is 0 Å². The van der Waals surface area contributed by atoms with Crippen molar-refractivity contribution < 1.29 is 13.9 Å². The second kappa shape index (κ2) is 5.32. The zero-order valence-electron chi connectivity index (χ0n) is 8.48. The highest BCUT2D eigenvalue weighted by molar-refractivity contribution is 5.32. The topological polar surface area (TPSA) is 81.8 Å². The summed E-state index contributed by atoms with van der Waals surface area (Å²) in [6.07, 6.45) is -4.61. The number of hydrogen-bond donors (Lipinski definition) is 2. The van der Waals surface area contributed by atoms with Crippen LogP contribution in [0.2, 0.25) is 0 Å².